The molecule has 170 valence electrons. The first kappa shape index (κ1) is 21.4. The minimum atomic E-state index is -0.218. The molecule has 7 heteroatoms. The van der Waals surface area contributed by atoms with Gasteiger partial charge < -0.3 is 19.9 Å². The Bertz CT molecular complexity index is 1290. The molecule has 1 saturated heterocycles. The molecule has 0 bridgehead atoms. The molecule has 1 aliphatic heterocycles. The van der Waals surface area contributed by atoms with Gasteiger partial charge in [0.05, 0.1) is 12.6 Å². The standard InChI is InChI=1S/C26H27FN4O2/c1-33-25-15-24(30-22-5-3-2-4-20(22)25)26(32)28-10-13-31-11-8-17(9-12-31)21-16-29-23-14-18(27)6-7-19(21)23/h2-7,14-17,29H,8-13H2,1H3,(H,28,32). The van der Waals surface area contributed by atoms with Gasteiger partial charge in [0, 0.05) is 41.6 Å². The summed E-state index contributed by atoms with van der Waals surface area (Å²) in [5.74, 6) is 0.697. The molecule has 2 aromatic carbocycles. The van der Waals surface area contributed by atoms with Crippen LogP contribution in [0.4, 0.5) is 4.39 Å². The van der Waals surface area contributed by atoms with Crippen molar-refractivity contribution in [1.29, 1.82) is 0 Å². The molecule has 0 aliphatic carbocycles. The lowest BCUT2D eigenvalue weighted by Crippen LogP contribution is -2.39. The highest BCUT2D eigenvalue weighted by molar-refractivity contribution is 5.97. The number of fused-ring (bicyclic) bond motifs is 2. The van der Waals surface area contributed by atoms with Crippen molar-refractivity contribution in [3.63, 3.8) is 0 Å². The second kappa shape index (κ2) is 9.19. The Morgan fingerprint density at radius 2 is 2.00 bits per heavy atom. The minimum absolute atomic E-state index is 0.194. The first-order valence-corrected chi connectivity index (χ1v) is 11.3. The Labute approximate surface area is 191 Å². The number of carbonyl (C=O) groups excluding carboxylic acids is 1. The van der Waals surface area contributed by atoms with Crippen molar-refractivity contribution >= 4 is 27.7 Å². The number of pyridine rings is 1. The van der Waals surface area contributed by atoms with Crippen LogP contribution < -0.4 is 10.1 Å². The number of amides is 1. The maximum atomic E-state index is 13.5. The smallest absolute Gasteiger partial charge is 0.270 e. The van der Waals surface area contributed by atoms with E-state index >= 15 is 0 Å². The fourth-order valence-corrected chi connectivity index (χ4v) is 4.77. The molecule has 4 aromatic rings. The first-order chi connectivity index (χ1) is 16.1. The molecular formula is C26H27FN4O2. The van der Waals surface area contributed by atoms with Crippen LogP contribution in [-0.4, -0.2) is 54.1 Å². The van der Waals surface area contributed by atoms with Gasteiger partial charge in [-0.25, -0.2) is 9.37 Å². The number of carbonyl (C=O) groups is 1. The van der Waals surface area contributed by atoms with E-state index in [9.17, 15) is 9.18 Å². The maximum absolute atomic E-state index is 13.5. The molecule has 1 fully saturated rings. The van der Waals surface area contributed by atoms with Crippen molar-refractivity contribution in [2.45, 2.75) is 18.8 Å². The predicted octanol–water partition coefficient (Wildman–Crippen LogP) is 4.47. The number of methoxy groups -OCH3 is 1. The second-order valence-electron chi connectivity index (χ2n) is 8.53. The third-order valence-electron chi connectivity index (χ3n) is 6.55. The molecule has 1 amide bonds. The van der Waals surface area contributed by atoms with Gasteiger partial charge in [0.1, 0.15) is 17.3 Å². The summed E-state index contributed by atoms with van der Waals surface area (Å²) < 4.78 is 18.9. The molecule has 1 aliphatic rings. The minimum Gasteiger partial charge on any atom is -0.496 e. The zero-order valence-electron chi connectivity index (χ0n) is 18.6. The molecule has 2 N–H and O–H groups in total. The number of likely N-dealkylation sites (tertiary alicyclic amines) is 1. The van der Waals surface area contributed by atoms with E-state index in [1.807, 2.05) is 36.5 Å². The number of halogens is 1. The SMILES string of the molecule is COc1cc(C(=O)NCCN2CCC(c3c[nH]c4cc(F)ccc34)CC2)nc2ccccc12. The number of aromatic nitrogens is 2. The maximum Gasteiger partial charge on any atom is 0.270 e. The van der Waals surface area contributed by atoms with Crippen molar-refractivity contribution in [3.8, 4) is 5.75 Å². The van der Waals surface area contributed by atoms with Gasteiger partial charge in [0.25, 0.3) is 5.91 Å². The molecule has 0 atom stereocenters. The third-order valence-corrected chi connectivity index (χ3v) is 6.55. The highest BCUT2D eigenvalue weighted by Crippen LogP contribution is 2.33. The number of hydrogen-bond donors (Lipinski definition) is 2. The van der Waals surface area contributed by atoms with Crippen molar-refractivity contribution in [2.75, 3.05) is 33.3 Å². The fourth-order valence-electron chi connectivity index (χ4n) is 4.77. The van der Waals surface area contributed by atoms with Gasteiger partial charge in [-0.1, -0.05) is 12.1 Å². The van der Waals surface area contributed by atoms with Crippen LogP contribution in [0.3, 0.4) is 0 Å². The Balaban J connectivity index is 1.15. The number of rotatable bonds is 6. The van der Waals surface area contributed by atoms with Crippen molar-refractivity contribution in [3.05, 3.63) is 71.8 Å². The van der Waals surface area contributed by atoms with Crippen molar-refractivity contribution in [1.82, 2.24) is 20.2 Å². The highest BCUT2D eigenvalue weighted by Gasteiger charge is 2.23. The number of benzene rings is 2. The monoisotopic (exact) mass is 446 g/mol. The third kappa shape index (κ3) is 4.41. The summed E-state index contributed by atoms with van der Waals surface area (Å²) >= 11 is 0. The van der Waals surface area contributed by atoms with Crippen LogP contribution in [0, 0.1) is 5.82 Å². The van der Waals surface area contributed by atoms with Gasteiger partial charge >= 0.3 is 0 Å². The number of H-pyrrole nitrogens is 1. The number of para-hydroxylation sites is 1. The average Bonchev–Trinajstić information content (AvgIpc) is 3.26. The van der Waals surface area contributed by atoms with E-state index in [1.165, 1.54) is 11.6 Å². The fraction of sp³-hybridized carbons (Fsp3) is 0.308. The normalized spacial score (nSPS) is 15.2. The molecule has 6 nitrogen and oxygen atoms in total. The van der Waals surface area contributed by atoms with Gasteiger partial charge in [-0.3, -0.25) is 4.79 Å². The number of hydrogen-bond acceptors (Lipinski definition) is 4. The summed E-state index contributed by atoms with van der Waals surface area (Å²) in [5.41, 5.74) is 3.23. The van der Waals surface area contributed by atoms with Gasteiger partial charge in [-0.05, 0) is 67.7 Å². The summed E-state index contributed by atoms with van der Waals surface area (Å²) in [4.78, 5) is 22.7. The number of nitrogens with one attached hydrogen (secondary N) is 2. The van der Waals surface area contributed by atoms with Crippen LogP contribution in [0.15, 0.2) is 54.7 Å². The van der Waals surface area contributed by atoms with Gasteiger partial charge in [-0.2, -0.15) is 0 Å². The quantitative estimate of drug-likeness (QED) is 0.458. The first-order valence-electron chi connectivity index (χ1n) is 11.3. The zero-order chi connectivity index (χ0) is 22.8. The molecule has 5 rings (SSSR count). The number of ether oxygens (including phenoxy) is 1. The molecule has 0 spiro atoms. The molecule has 0 unspecified atom stereocenters. The van der Waals surface area contributed by atoms with E-state index < -0.39 is 0 Å². The van der Waals surface area contributed by atoms with Crippen molar-refractivity contribution in [2.24, 2.45) is 0 Å². The Hall–Kier alpha value is -3.45. The average molecular weight is 447 g/mol. The van der Waals surface area contributed by atoms with Gasteiger partial charge in [0.2, 0.25) is 0 Å². The van der Waals surface area contributed by atoms with E-state index in [-0.39, 0.29) is 11.7 Å². The largest absolute Gasteiger partial charge is 0.496 e. The van der Waals surface area contributed by atoms with E-state index in [2.05, 4.69) is 20.2 Å². The van der Waals surface area contributed by atoms with E-state index in [0.29, 0.717) is 23.9 Å². The van der Waals surface area contributed by atoms with Gasteiger partial charge in [-0.15, -0.1) is 0 Å². The van der Waals surface area contributed by atoms with Crippen LogP contribution in [0.2, 0.25) is 0 Å². The molecule has 2 aromatic heterocycles. The summed E-state index contributed by atoms with van der Waals surface area (Å²) in [5, 5.41) is 4.99. The molecule has 3 heterocycles. The Kier molecular flexibility index (Phi) is 5.96. The van der Waals surface area contributed by atoms with Crippen LogP contribution in [-0.2, 0) is 0 Å². The van der Waals surface area contributed by atoms with Crippen LogP contribution in [0.25, 0.3) is 21.8 Å². The predicted molar refractivity (Wildman–Crippen MR) is 127 cm³/mol. The van der Waals surface area contributed by atoms with E-state index in [0.717, 1.165) is 54.3 Å². The summed E-state index contributed by atoms with van der Waals surface area (Å²) in [6.45, 7) is 3.29. The number of piperidine rings is 1. The van der Waals surface area contributed by atoms with Crippen LogP contribution in [0.5, 0.6) is 5.75 Å². The summed E-state index contributed by atoms with van der Waals surface area (Å²) in [6, 6.07) is 14.3. The zero-order valence-corrected chi connectivity index (χ0v) is 18.6. The van der Waals surface area contributed by atoms with E-state index in [4.69, 9.17) is 4.74 Å². The Morgan fingerprint density at radius 1 is 1.18 bits per heavy atom. The second-order valence-corrected chi connectivity index (χ2v) is 8.53. The van der Waals surface area contributed by atoms with Crippen LogP contribution >= 0.6 is 0 Å². The number of nitrogens with zero attached hydrogens (tertiary/aromatic N) is 2. The van der Waals surface area contributed by atoms with Crippen LogP contribution in [0.1, 0.15) is 34.8 Å². The van der Waals surface area contributed by atoms with Crippen molar-refractivity contribution < 1.29 is 13.9 Å². The summed E-state index contributed by atoms with van der Waals surface area (Å²) in [6.07, 6.45) is 4.11. The van der Waals surface area contributed by atoms with E-state index in [1.54, 1.807) is 19.2 Å². The molecule has 33 heavy (non-hydrogen) atoms. The lowest BCUT2D eigenvalue weighted by molar-refractivity contribution is 0.0941. The molecule has 0 saturated carbocycles. The van der Waals surface area contributed by atoms with Gasteiger partial charge in [0.15, 0.2) is 0 Å². The Morgan fingerprint density at radius 3 is 2.82 bits per heavy atom. The lowest BCUT2D eigenvalue weighted by atomic mass is 9.89. The number of aromatic amines is 1. The molecular weight excluding hydrogens is 419 g/mol. The molecule has 0 radical (unpaired) electrons. The lowest BCUT2D eigenvalue weighted by Gasteiger charge is -2.31. The highest BCUT2D eigenvalue weighted by atomic mass is 19.1. The topological polar surface area (TPSA) is 70.2 Å². The summed E-state index contributed by atoms with van der Waals surface area (Å²) in [7, 11) is 1.60.